The molecule has 1 aromatic rings. The molecule has 0 bridgehead atoms. The van der Waals surface area contributed by atoms with Crippen LogP contribution >= 0.6 is 11.6 Å². The summed E-state index contributed by atoms with van der Waals surface area (Å²) in [6.07, 6.45) is 4.08. The Balaban J connectivity index is 2.80. The van der Waals surface area contributed by atoms with Gasteiger partial charge in [-0.25, -0.2) is 0 Å². The Morgan fingerprint density at radius 3 is 3.00 bits per heavy atom. The highest BCUT2D eigenvalue weighted by Crippen LogP contribution is 2.18. The summed E-state index contributed by atoms with van der Waals surface area (Å²) in [5.41, 5.74) is 6.27. The smallest absolute Gasteiger partial charge is 0.199 e. The van der Waals surface area contributed by atoms with Crippen LogP contribution in [-0.2, 0) is 11.3 Å². The van der Waals surface area contributed by atoms with Crippen molar-refractivity contribution in [3.63, 3.8) is 0 Å². The van der Waals surface area contributed by atoms with E-state index in [4.69, 9.17) is 22.1 Å². The normalized spacial score (nSPS) is 12.7. The number of halogens is 1. The number of hydrogen-bond donors (Lipinski definition) is 1. The summed E-state index contributed by atoms with van der Waals surface area (Å²) in [5.74, 6) is -0.151. The second-order valence-corrected chi connectivity index (χ2v) is 4.58. The molecule has 0 radical (unpaired) electrons. The number of carbonyl (C=O) groups is 1. The Morgan fingerprint density at radius 2 is 2.39 bits per heavy atom. The molecular formula is C12H20ClN3O2. The van der Waals surface area contributed by atoms with Gasteiger partial charge in [0.05, 0.1) is 30.4 Å². The maximum Gasteiger partial charge on any atom is 0.199 e. The van der Waals surface area contributed by atoms with Crippen LogP contribution in [0.5, 0.6) is 0 Å². The van der Waals surface area contributed by atoms with Crippen LogP contribution < -0.4 is 5.73 Å². The molecular weight excluding hydrogens is 254 g/mol. The molecule has 0 spiro atoms. The van der Waals surface area contributed by atoms with Crippen LogP contribution in [0.1, 0.15) is 36.7 Å². The van der Waals surface area contributed by atoms with E-state index in [1.807, 2.05) is 0 Å². The van der Waals surface area contributed by atoms with Crippen molar-refractivity contribution >= 4 is 17.4 Å². The molecule has 0 saturated carbocycles. The van der Waals surface area contributed by atoms with Crippen molar-refractivity contribution in [1.82, 2.24) is 9.78 Å². The van der Waals surface area contributed by atoms with Crippen molar-refractivity contribution in [3.05, 3.63) is 16.9 Å². The molecule has 1 heterocycles. The largest absolute Gasteiger partial charge is 0.383 e. The van der Waals surface area contributed by atoms with Crippen molar-refractivity contribution in [2.24, 2.45) is 5.73 Å². The van der Waals surface area contributed by atoms with Crippen molar-refractivity contribution in [1.29, 1.82) is 0 Å². The van der Waals surface area contributed by atoms with Crippen LogP contribution in [0.15, 0.2) is 6.20 Å². The van der Waals surface area contributed by atoms with Gasteiger partial charge in [0.2, 0.25) is 0 Å². The van der Waals surface area contributed by atoms with E-state index in [1.165, 1.54) is 6.20 Å². The first kappa shape index (κ1) is 15.1. The molecule has 18 heavy (non-hydrogen) atoms. The second kappa shape index (κ2) is 7.51. The van der Waals surface area contributed by atoms with Crippen molar-refractivity contribution in [3.8, 4) is 0 Å². The Bertz CT molecular complexity index is 393. The van der Waals surface area contributed by atoms with Gasteiger partial charge in [0.25, 0.3) is 0 Å². The molecule has 2 N–H and O–H groups in total. The van der Waals surface area contributed by atoms with E-state index >= 15 is 0 Å². The van der Waals surface area contributed by atoms with Crippen LogP contribution in [0.2, 0.25) is 5.02 Å². The quantitative estimate of drug-likeness (QED) is 0.734. The molecule has 1 rings (SSSR count). The number of unbranched alkanes of at least 4 members (excludes halogenated alkanes) is 1. The summed E-state index contributed by atoms with van der Waals surface area (Å²) in [6.45, 7) is 3.03. The summed E-state index contributed by atoms with van der Waals surface area (Å²) in [4.78, 5) is 12.2. The Morgan fingerprint density at radius 1 is 1.67 bits per heavy atom. The van der Waals surface area contributed by atoms with Gasteiger partial charge in [0.15, 0.2) is 5.78 Å². The number of ketones is 1. The number of rotatable bonds is 8. The molecule has 1 unspecified atom stereocenters. The van der Waals surface area contributed by atoms with Crippen LogP contribution in [0, 0.1) is 0 Å². The van der Waals surface area contributed by atoms with E-state index < -0.39 is 6.04 Å². The second-order valence-electron chi connectivity index (χ2n) is 4.17. The summed E-state index contributed by atoms with van der Waals surface area (Å²) in [6, 6.07) is -0.513. The van der Waals surface area contributed by atoms with E-state index in [0.717, 1.165) is 12.8 Å². The van der Waals surface area contributed by atoms with Crippen LogP contribution in [-0.4, -0.2) is 35.3 Å². The molecule has 0 amide bonds. The number of nitrogens with zero attached hydrogens (tertiary/aromatic N) is 2. The molecule has 0 aliphatic rings. The van der Waals surface area contributed by atoms with Gasteiger partial charge in [-0.15, -0.1) is 0 Å². The van der Waals surface area contributed by atoms with Crippen molar-refractivity contribution in [2.45, 2.75) is 38.8 Å². The lowest BCUT2D eigenvalue weighted by atomic mass is 10.0. The summed E-state index contributed by atoms with van der Waals surface area (Å²) < 4.78 is 6.52. The van der Waals surface area contributed by atoms with Crippen LogP contribution in [0.25, 0.3) is 0 Å². The number of hydrogen-bond acceptors (Lipinski definition) is 4. The van der Waals surface area contributed by atoms with Gasteiger partial charge in [-0.3, -0.25) is 9.48 Å². The fourth-order valence-electron chi connectivity index (χ4n) is 1.69. The molecule has 0 aliphatic carbocycles. The van der Waals surface area contributed by atoms with Crippen LogP contribution in [0.4, 0.5) is 0 Å². The minimum atomic E-state index is -0.513. The van der Waals surface area contributed by atoms with Crippen LogP contribution in [0.3, 0.4) is 0 Å². The highest BCUT2D eigenvalue weighted by molar-refractivity contribution is 6.33. The van der Waals surface area contributed by atoms with E-state index in [0.29, 0.717) is 30.3 Å². The standard InChI is InChI=1S/C12H20ClN3O2/c1-3-4-5-10(14)12(17)11-9(13)8-15-16(11)6-7-18-2/h8,10H,3-7,14H2,1-2H3. The topological polar surface area (TPSA) is 70.1 Å². The van der Waals surface area contributed by atoms with Gasteiger partial charge in [-0.1, -0.05) is 31.4 Å². The van der Waals surface area contributed by atoms with Gasteiger partial charge in [0, 0.05) is 7.11 Å². The van der Waals surface area contributed by atoms with Gasteiger partial charge in [-0.05, 0) is 6.42 Å². The fraction of sp³-hybridized carbons (Fsp3) is 0.667. The number of methoxy groups -OCH3 is 1. The molecule has 102 valence electrons. The third-order valence-electron chi connectivity index (χ3n) is 2.74. The van der Waals surface area contributed by atoms with E-state index in [1.54, 1.807) is 11.8 Å². The van der Waals surface area contributed by atoms with E-state index in [2.05, 4.69) is 12.0 Å². The highest BCUT2D eigenvalue weighted by Gasteiger charge is 2.22. The number of ether oxygens (including phenoxy) is 1. The first-order valence-electron chi connectivity index (χ1n) is 6.11. The molecule has 0 aromatic carbocycles. The SMILES string of the molecule is CCCCC(N)C(=O)c1c(Cl)cnn1CCOC. The average molecular weight is 274 g/mol. The van der Waals surface area contributed by atoms with Gasteiger partial charge in [-0.2, -0.15) is 5.10 Å². The number of Topliss-reactive ketones (excluding diaryl/α,β-unsaturated/α-hetero) is 1. The molecule has 0 aliphatic heterocycles. The monoisotopic (exact) mass is 273 g/mol. The average Bonchev–Trinajstić information content (AvgIpc) is 2.73. The third kappa shape index (κ3) is 3.80. The summed E-state index contributed by atoms with van der Waals surface area (Å²) in [5, 5.41) is 4.42. The Kier molecular flexibility index (Phi) is 6.32. The van der Waals surface area contributed by atoms with Gasteiger partial charge in [0.1, 0.15) is 5.69 Å². The van der Waals surface area contributed by atoms with E-state index in [-0.39, 0.29) is 5.78 Å². The summed E-state index contributed by atoms with van der Waals surface area (Å²) in [7, 11) is 1.60. The number of nitrogens with two attached hydrogens (primary N) is 1. The Labute approximate surface area is 112 Å². The fourth-order valence-corrected chi connectivity index (χ4v) is 1.92. The van der Waals surface area contributed by atoms with Gasteiger partial charge >= 0.3 is 0 Å². The zero-order valence-electron chi connectivity index (χ0n) is 10.9. The lowest BCUT2D eigenvalue weighted by molar-refractivity contribution is 0.0942. The van der Waals surface area contributed by atoms with Crippen molar-refractivity contribution < 1.29 is 9.53 Å². The first-order valence-corrected chi connectivity index (χ1v) is 6.49. The van der Waals surface area contributed by atoms with Crippen molar-refractivity contribution in [2.75, 3.05) is 13.7 Å². The number of carbonyl (C=O) groups excluding carboxylic acids is 1. The summed E-state index contributed by atoms with van der Waals surface area (Å²) >= 11 is 6.00. The molecule has 0 fully saturated rings. The molecule has 5 nitrogen and oxygen atoms in total. The molecule has 1 aromatic heterocycles. The minimum Gasteiger partial charge on any atom is -0.383 e. The molecule has 1 atom stereocenters. The first-order chi connectivity index (χ1) is 8.61. The molecule has 0 saturated heterocycles. The molecule has 6 heteroatoms. The number of aromatic nitrogens is 2. The lowest BCUT2D eigenvalue weighted by Gasteiger charge is -2.12. The minimum absolute atomic E-state index is 0.151. The maximum absolute atomic E-state index is 12.2. The zero-order valence-corrected chi connectivity index (χ0v) is 11.6. The zero-order chi connectivity index (χ0) is 13.5. The lowest BCUT2D eigenvalue weighted by Crippen LogP contribution is -2.32. The highest BCUT2D eigenvalue weighted by atomic mass is 35.5. The van der Waals surface area contributed by atoms with E-state index in [9.17, 15) is 4.79 Å². The Hall–Kier alpha value is -0.910. The maximum atomic E-state index is 12.2. The third-order valence-corrected chi connectivity index (χ3v) is 3.02. The predicted molar refractivity (Wildman–Crippen MR) is 70.9 cm³/mol. The van der Waals surface area contributed by atoms with Gasteiger partial charge < -0.3 is 10.5 Å². The predicted octanol–water partition coefficient (Wildman–Crippen LogP) is 1.88.